The van der Waals surface area contributed by atoms with Crippen molar-refractivity contribution in [2.24, 2.45) is 0 Å². The molecule has 14 nitrogen and oxygen atoms in total. The van der Waals surface area contributed by atoms with Gasteiger partial charge in [-0.1, -0.05) is 48.5 Å². The Hall–Kier alpha value is -1.21. The Kier molecular flexibility index (Phi) is 39.5. The molecular weight excluding hydrogens is 925 g/mol. The fourth-order valence-electron chi connectivity index (χ4n) is 2.62. The van der Waals surface area contributed by atoms with Gasteiger partial charge >= 0.3 is 5.97 Å². The molecule has 0 saturated carbocycles. The van der Waals surface area contributed by atoms with Crippen LogP contribution in [0, 0.1) is 0 Å². The molecule has 20 heteroatoms. The number of carbonyl (C=O) groups excluding carboxylic acids is 1. The van der Waals surface area contributed by atoms with E-state index in [1.807, 2.05) is 60.7 Å². The zero-order valence-corrected chi connectivity index (χ0v) is 38.4. The zero-order valence-electron chi connectivity index (χ0n) is 27.4. The summed E-state index contributed by atoms with van der Waals surface area (Å²) < 4.78 is 64.3. The van der Waals surface area contributed by atoms with Gasteiger partial charge in [-0.05, 0) is 54.6 Å². The number of hydrogen-bond donors (Lipinski definition) is 7. The molecule has 2 atom stereocenters. The molecule has 0 amide bonds. The maximum absolute atomic E-state index is 11.1. The molecule has 4 aromatic carbocycles. The third-order valence-corrected chi connectivity index (χ3v) is 5.75. The van der Waals surface area contributed by atoms with Crippen molar-refractivity contribution in [1.29, 1.82) is 0 Å². The number of benzene rings is 4. The molecule has 263 valence electrons. The number of carbonyl (C=O) groups is 1. The van der Waals surface area contributed by atoms with Crippen molar-refractivity contribution in [2.45, 2.75) is 4.90 Å². The summed E-state index contributed by atoms with van der Waals surface area (Å²) in [6, 6.07) is 29.7. The number of methoxy groups -OCH3 is 1. The van der Waals surface area contributed by atoms with Crippen LogP contribution >= 0.6 is 0 Å². The molecular formula is C29H41N5O9S3Y3. The number of ether oxygens (including phenoxy) is 1. The summed E-state index contributed by atoms with van der Waals surface area (Å²) in [5.41, 5.74) is 30.2. The van der Waals surface area contributed by atoms with Crippen molar-refractivity contribution >= 4 is 66.7 Å². The van der Waals surface area contributed by atoms with E-state index < -0.39 is 38.2 Å². The number of nitrogen functional groups attached to an aromatic ring is 5. The maximum atomic E-state index is 11.1. The van der Waals surface area contributed by atoms with E-state index in [0.717, 1.165) is 18.5 Å². The maximum Gasteiger partial charge on any atom is 0.337 e. The first-order valence-corrected chi connectivity index (χ1v) is 17.0. The molecule has 12 N–H and O–H groups in total. The first-order valence-electron chi connectivity index (χ1n) is 12.5. The van der Waals surface area contributed by atoms with E-state index in [0.29, 0.717) is 16.9 Å². The second-order valence-electron chi connectivity index (χ2n) is 8.21. The molecule has 49 heavy (non-hydrogen) atoms. The van der Waals surface area contributed by atoms with Crippen LogP contribution in [0.5, 0.6) is 0 Å². The van der Waals surface area contributed by atoms with Crippen LogP contribution in [0.3, 0.4) is 0 Å². The van der Waals surface area contributed by atoms with Crippen LogP contribution in [0.15, 0.2) is 108 Å². The zero-order chi connectivity index (χ0) is 35.7. The average Bonchev–Trinajstić information content (AvgIpc) is 2.98. The summed E-state index contributed by atoms with van der Waals surface area (Å²) in [7, 11) is -1.25. The number of hydrogen-bond acceptors (Lipinski definition) is 12. The molecule has 2 unspecified atom stereocenters. The fraction of sp³-hybridized carbons (Fsp3) is 0.138. The van der Waals surface area contributed by atoms with Gasteiger partial charge in [0.1, 0.15) is 27.1 Å². The molecule has 3 radical (unpaired) electrons. The third kappa shape index (κ3) is 33.7. The molecule has 0 aromatic heterocycles. The van der Waals surface area contributed by atoms with Crippen molar-refractivity contribution < 1.29 is 138 Å². The molecule has 0 bridgehead atoms. The minimum Gasteiger partial charge on any atom is -0.465 e. The van der Waals surface area contributed by atoms with Crippen molar-refractivity contribution in [3.05, 3.63) is 109 Å². The summed E-state index contributed by atoms with van der Waals surface area (Å²) in [6.45, 7) is 0. The van der Waals surface area contributed by atoms with Gasteiger partial charge in [-0.3, -0.25) is 4.18 Å². The Morgan fingerprint density at radius 3 is 1.20 bits per heavy atom. The third-order valence-electron chi connectivity index (χ3n) is 4.41. The Morgan fingerprint density at radius 2 is 0.939 bits per heavy atom. The van der Waals surface area contributed by atoms with Crippen molar-refractivity contribution in [3.63, 3.8) is 0 Å². The molecule has 0 aliphatic heterocycles. The van der Waals surface area contributed by atoms with Crippen molar-refractivity contribution in [1.82, 2.24) is 0 Å². The molecule has 0 heterocycles. The fourth-order valence-corrected chi connectivity index (χ4v) is 3.40. The monoisotopic (exact) mass is 966 g/mol. The first-order chi connectivity index (χ1) is 21.5. The standard InChI is InChI=1S/C8H10N2O2.C7H9NO3S.2C6H7N.2CH4O2S.3Y/c1-12-8(11)5-2-6(9)4-7(10)3-5;1-11-12(9,10)7-5-3-2-4-6(7)8;2*7-6-4-2-1-3-5-6;2*1-4(2)3;;;/h2-4H,9-10H2,1H3;2-5H,8H2,1H3;2*1-5H,7H2;2*1H3,(H,2,3);;;. The normalized spacial score (nSPS) is 10.1. The Balaban J connectivity index is -0.000000164. The number of nitrogens with two attached hydrogens (primary N) is 5. The van der Waals surface area contributed by atoms with Gasteiger partial charge in [-0.2, -0.15) is 8.42 Å². The van der Waals surface area contributed by atoms with E-state index in [1.54, 1.807) is 18.2 Å². The predicted molar refractivity (Wildman–Crippen MR) is 187 cm³/mol. The second kappa shape index (κ2) is 33.9. The summed E-state index contributed by atoms with van der Waals surface area (Å²) in [6.07, 6.45) is 2.39. The SMILES string of the molecule is COC(=O)c1cc(N)cc(N)c1.COS(=O)(=O)c1ccccc1N.CS(=O)O.CS(=O)O.Nc1ccccc1.Nc1ccccc1.[Y].[Y].[Y]. The summed E-state index contributed by atoms with van der Waals surface area (Å²) in [4.78, 5) is 11.0. The topological polar surface area (TPSA) is 274 Å². The van der Waals surface area contributed by atoms with E-state index >= 15 is 0 Å². The number of para-hydroxylation sites is 3. The Morgan fingerprint density at radius 1 is 0.612 bits per heavy atom. The predicted octanol–water partition coefficient (Wildman–Crippen LogP) is 3.45. The van der Waals surface area contributed by atoms with Crippen LogP contribution in [0.25, 0.3) is 0 Å². The first kappa shape index (κ1) is 57.1. The van der Waals surface area contributed by atoms with Crippen molar-refractivity contribution in [3.8, 4) is 0 Å². The quantitative estimate of drug-likeness (QED) is 0.0671. The summed E-state index contributed by atoms with van der Waals surface area (Å²) in [5, 5.41) is 0. The van der Waals surface area contributed by atoms with Gasteiger partial charge in [0.15, 0.2) is 0 Å². The van der Waals surface area contributed by atoms with Gasteiger partial charge in [0, 0.05) is 133 Å². The van der Waals surface area contributed by atoms with Gasteiger partial charge < -0.3 is 42.5 Å². The van der Waals surface area contributed by atoms with Gasteiger partial charge in [0.25, 0.3) is 10.1 Å². The van der Waals surface area contributed by atoms with Gasteiger partial charge in [-0.25, -0.2) is 13.2 Å². The van der Waals surface area contributed by atoms with E-state index in [-0.39, 0.29) is 109 Å². The minimum absolute atomic E-state index is 0. The smallest absolute Gasteiger partial charge is 0.337 e. The molecule has 0 aliphatic rings. The molecule has 0 saturated heterocycles. The summed E-state index contributed by atoms with van der Waals surface area (Å²) >= 11 is -3.22. The molecule has 0 aliphatic carbocycles. The van der Waals surface area contributed by atoms with Gasteiger partial charge in [0.2, 0.25) is 0 Å². The number of anilines is 5. The molecule has 4 rings (SSSR count). The van der Waals surface area contributed by atoms with E-state index in [4.69, 9.17) is 46.2 Å². The number of rotatable bonds is 3. The molecule has 0 fully saturated rings. The van der Waals surface area contributed by atoms with Gasteiger partial charge in [0.05, 0.1) is 25.5 Å². The van der Waals surface area contributed by atoms with Crippen LogP contribution in [0.4, 0.5) is 28.4 Å². The second-order valence-corrected chi connectivity index (χ2v) is 11.6. The van der Waals surface area contributed by atoms with Crippen LogP contribution in [-0.2, 0) is 139 Å². The Labute approximate surface area is 368 Å². The van der Waals surface area contributed by atoms with Crippen LogP contribution in [-0.4, -0.2) is 58.6 Å². The number of esters is 1. The van der Waals surface area contributed by atoms with E-state index in [1.165, 1.54) is 43.9 Å². The minimum atomic E-state index is -3.65. The molecule has 0 spiro atoms. The van der Waals surface area contributed by atoms with E-state index in [9.17, 15) is 13.2 Å². The summed E-state index contributed by atoms with van der Waals surface area (Å²) in [5.74, 6) is -0.436. The van der Waals surface area contributed by atoms with E-state index in [2.05, 4.69) is 8.92 Å². The van der Waals surface area contributed by atoms with Crippen LogP contribution in [0.1, 0.15) is 10.4 Å². The van der Waals surface area contributed by atoms with Gasteiger partial charge in [-0.15, -0.1) is 0 Å². The largest absolute Gasteiger partial charge is 0.465 e. The van der Waals surface area contributed by atoms with Crippen LogP contribution in [0.2, 0.25) is 0 Å². The van der Waals surface area contributed by atoms with Crippen LogP contribution < -0.4 is 28.7 Å². The molecule has 4 aromatic rings. The van der Waals surface area contributed by atoms with Crippen molar-refractivity contribution in [2.75, 3.05) is 55.4 Å². The average molecular weight is 967 g/mol. The Bertz CT molecular complexity index is 1520.